The van der Waals surface area contributed by atoms with Gasteiger partial charge in [-0.05, 0) is 62.4 Å². The van der Waals surface area contributed by atoms with Crippen molar-refractivity contribution in [2.24, 2.45) is 0 Å². The molecule has 0 amide bonds. The van der Waals surface area contributed by atoms with E-state index in [0.717, 1.165) is 6.42 Å². The van der Waals surface area contributed by atoms with Gasteiger partial charge in [0.15, 0.2) is 0 Å². The van der Waals surface area contributed by atoms with Crippen LogP contribution in [0.2, 0.25) is 0 Å². The molecule has 0 bridgehead atoms. The number of H-pyrrole nitrogens is 1. The number of rotatable bonds is 4. The predicted octanol–water partition coefficient (Wildman–Crippen LogP) is 4.90. The number of fused-ring (bicyclic) bond motifs is 1. The van der Waals surface area contributed by atoms with Crippen molar-refractivity contribution in [2.75, 3.05) is 19.6 Å². The lowest BCUT2D eigenvalue weighted by atomic mass is 9.89. The predicted molar refractivity (Wildman–Crippen MR) is 102 cm³/mol. The summed E-state index contributed by atoms with van der Waals surface area (Å²) in [5.41, 5.74) is 5.59. The minimum atomic E-state index is 0.705. The van der Waals surface area contributed by atoms with Crippen LogP contribution in [0.1, 0.15) is 35.4 Å². The smallest absolute Gasteiger partial charge is 0.0456 e. The molecule has 0 radical (unpaired) electrons. The Labute approximate surface area is 144 Å². The molecule has 0 atom stereocenters. The fourth-order valence-electron chi connectivity index (χ4n) is 3.94. The molecule has 24 heavy (non-hydrogen) atoms. The third-order valence-electron chi connectivity index (χ3n) is 5.49. The highest BCUT2D eigenvalue weighted by atomic mass is 15.1. The van der Waals surface area contributed by atoms with Crippen molar-refractivity contribution in [3.8, 4) is 0 Å². The molecule has 2 heteroatoms. The van der Waals surface area contributed by atoms with Crippen LogP contribution in [-0.4, -0.2) is 29.5 Å². The Morgan fingerprint density at radius 1 is 1.00 bits per heavy atom. The highest BCUT2D eigenvalue weighted by molar-refractivity contribution is 5.83. The van der Waals surface area contributed by atoms with E-state index in [4.69, 9.17) is 0 Å². The molecule has 1 aliphatic rings. The fourth-order valence-corrected chi connectivity index (χ4v) is 3.94. The Hall–Kier alpha value is -2.06. The lowest BCUT2D eigenvalue weighted by Gasteiger charge is -2.32. The Kier molecular flexibility index (Phi) is 4.40. The number of nitrogens with one attached hydrogen (secondary N) is 1. The van der Waals surface area contributed by atoms with E-state index in [1.807, 2.05) is 0 Å². The molecule has 1 fully saturated rings. The van der Waals surface area contributed by atoms with Gasteiger partial charge in [0, 0.05) is 23.6 Å². The number of aryl methyl sites for hydroxylation is 1. The first-order chi connectivity index (χ1) is 11.8. The second kappa shape index (κ2) is 6.82. The van der Waals surface area contributed by atoms with Crippen molar-refractivity contribution in [3.63, 3.8) is 0 Å². The summed E-state index contributed by atoms with van der Waals surface area (Å²) in [6, 6.07) is 17.7. The van der Waals surface area contributed by atoms with Crippen LogP contribution >= 0.6 is 0 Å². The molecule has 0 saturated carbocycles. The van der Waals surface area contributed by atoms with Gasteiger partial charge in [-0.1, -0.05) is 48.0 Å². The van der Waals surface area contributed by atoms with Gasteiger partial charge in [0.25, 0.3) is 0 Å². The Bertz CT molecular complexity index is 792. The quantitative estimate of drug-likeness (QED) is 0.725. The van der Waals surface area contributed by atoms with E-state index in [9.17, 15) is 0 Å². The molecule has 1 aromatic heterocycles. The summed E-state index contributed by atoms with van der Waals surface area (Å²) in [4.78, 5) is 6.06. The lowest BCUT2D eigenvalue weighted by molar-refractivity contribution is 0.215. The van der Waals surface area contributed by atoms with E-state index in [0.29, 0.717) is 5.92 Å². The molecule has 1 aliphatic heterocycles. The van der Waals surface area contributed by atoms with Crippen LogP contribution in [0.4, 0.5) is 0 Å². The number of likely N-dealkylation sites (tertiary alicyclic amines) is 1. The number of hydrogen-bond acceptors (Lipinski definition) is 1. The zero-order chi connectivity index (χ0) is 16.4. The second-order valence-electron chi connectivity index (χ2n) is 7.14. The van der Waals surface area contributed by atoms with E-state index < -0.39 is 0 Å². The van der Waals surface area contributed by atoms with Gasteiger partial charge < -0.3 is 9.88 Å². The number of para-hydroxylation sites is 1. The van der Waals surface area contributed by atoms with Crippen LogP contribution in [0.3, 0.4) is 0 Å². The van der Waals surface area contributed by atoms with Crippen molar-refractivity contribution in [2.45, 2.75) is 32.1 Å². The number of aromatic amines is 1. The van der Waals surface area contributed by atoms with Crippen LogP contribution in [0.25, 0.3) is 10.9 Å². The van der Waals surface area contributed by atoms with Gasteiger partial charge in [-0.15, -0.1) is 0 Å². The number of piperidine rings is 1. The lowest BCUT2D eigenvalue weighted by Crippen LogP contribution is -2.34. The van der Waals surface area contributed by atoms with Crippen LogP contribution in [0.5, 0.6) is 0 Å². The number of benzene rings is 2. The van der Waals surface area contributed by atoms with Gasteiger partial charge in [0.05, 0.1) is 0 Å². The molecule has 4 rings (SSSR count). The number of nitrogens with zero attached hydrogens (tertiary/aromatic N) is 1. The minimum Gasteiger partial charge on any atom is -0.361 e. The van der Waals surface area contributed by atoms with E-state index >= 15 is 0 Å². The number of hydrogen-bond donors (Lipinski definition) is 1. The van der Waals surface area contributed by atoms with E-state index in [-0.39, 0.29) is 0 Å². The van der Waals surface area contributed by atoms with E-state index in [1.54, 1.807) is 0 Å². The van der Waals surface area contributed by atoms with Gasteiger partial charge in [-0.3, -0.25) is 0 Å². The Morgan fingerprint density at radius 2 is 1.75 bits per heavy atom. The first-order valence-corrected chi connectivity index (χ1v) is 9.13. The molecule has 2 heterocycles. The summed E-state index contributed by atoms with van der Waals surface area (Å²) in [5.74, 6) is 0.705. The largest absolute Gasteiger partial charge is 0.361 e. The summed E-state index contributed by atoms with van der Waals surface area (Å²) in [6.45, 7) is 5.77. The monoisotopic (exact) mass is 318 g/mol. The molecule has 2 nitrogen and oxygen atoms in total. The summed E-state index contributed by atoms with van der Waals surface area (Å²) in [6.07, 6.45) is 5.95. The van der Waals surface area contributed by atoms with Crippen molar-refractivity contribution in [1.29, 1.82) is 0 Å². The third kappa shape index (κ3) is 3.25. The van der Waals surface area contributed by atoms with Crippen LogP contribution in [0.15, 0.2) is 54.7 Å². The molecule has 3 aromatic rings. The second-order valence-corrected chi connectivity index (χ2v) is 7.14. The molecule has 1 saturated heterocycles. The standard InChI is InChI=1S/C22H26N2/c1-17-6-8-18(9-7-17)10-13-24-14-11-19(12-15-24)21-16-23-22-5-3-2-4-20(21)22/h2-9,16,19,23H,10-15H2,1H3. The molecule has 0 aliphatic carbocycles. The molecule has 2 aromatic carbocycles. The van der Waals surface area contributed by atoms with Crippen molar-refractivity contribution >= 4 is 10.9 Å². The van der Waals surface area contributed by atoms with Crippen LogP contribution < -0.4 is 0 Å². The first kappa shape index (κ1) is 15.5. The zero-order valence-corrected chi connectivity index (χ0v) is 14.5. The molecule has 1 N–H and O–H groups in total. The highest BCUT2D eigenvalue weighted by Gasteiger charge is 2.22. The highest BCUT2D eigenvalue weighted by Crippen LogP contribution is 2.33. The van der Waals surface area contributed by atoms with Gasteiger partial charge in [-0.2, -0.15) is 0 Å². The summed E-state index contributed by atoms with van der Waals surface area (Å²) in [7, 11) is 0. The molecular formula is C22H26N2. The minimum absolute atomic E-state index is 0.705. The normalized spacial score (nSPS) is 16.7. The van der Waals surface area contributed by atoms with Gasteiger partial charge in [-0.25, -0.2) is 0 Å². The Morgan fingerprint density at radius 3 is 2.54 bits per heavy atom. The maximum Gasteiger partial charge on any atom is 0.0456 e. The average molecular weight is 318 g/mol. The number of aromatic nitrogens is 1. The van der Waals surface area contributed by atoms with Gasteiger partial charge in [0.1, 0.15) is 0 Å². The van der Waals surface area contributed by atoms with Crippen LogP contribution in [0, 0.1) is 6.92 Å². The first-order valence-electron chi connectivity index (χ1n) is 9.13. The van der Waals surface area contributed by atoms with E-state index in [2.05, 4.69) is 71.5 Å². The summed E-state index contributed by atoms with van der Waals surface area (Å²) >= 11 is 0. The third-order valence-corrected chi connectivity index (χ3v) is 5.49. The topological polar surface area (TPSA) is 19.0 Å². The summed E-state index contributed by atoms with van der Waals surface area (Å²) in [5, 5.41) is 1.41. The van der Waals surface area contributed by atoms with Crippen molar-refractivity contribution < 1.29 is 0 Å². The van der Waals surface area contributed by atoms with Crippen LogP contribution in [-0.2, 0) is 6.42 Å². The van der Waals surface area contributed by atoms with Gasteiger partial charge in [0.2, 0.25) is 0 Å². The maximum atomic E-state index is 3.43. The fraction of sp³-hybridized carbons (Fsp3) is 0.364. The van der Waals surface area contributed by atoms with Crippen molar-refractivity contribution in [1.82, 2.24) is 9.88 Å². The molecule has 0 spiro atoms. The molecular weight excluding hydrogens is 292 g/mol. The van der Waals surface area contributed by atoms with Crippen molar-refractivity contribution in [3.05, 3.63) is 71.4 Å². The molecule has 0 unspecified atom stereocenters. The SMILES string of the molecule is Cc1ccc(CCN2CCC(c3c[nH]c4ccccc34)CC2)cc1. The van der Waals surface area contributed by atoms with E-state index in [1.165, 1.54) is 60.1 Å². The Balaban J connectivity index is 1.34. The maximum absolute atomic E-state index is 3.43. The van der Waals surface area contributed by atoms with Gasteiger partial charge >= 0.3 is 0 Å². The average Bonchev–Trinajstić information content (AvgIpc) is 3.06. The molecule has 124 valence electrons. The zero-order valence-electron chi connectivity index (χ0n) is 14.5. The summed E-state index contributed by atoms with van der Waals surface area (Å²) < 4.78 is 0.